The van der Waals surface area contributed by atoms with Crippen LogP contribution in [0.2, 0.25) is 0 Å². The van der Waals surface area contributed by atoms with E-state index in [1.807, 2.05) is 42.5 Å². The minimum atomic E-state index is -0.132. The molecule has 1 fully saturated rings. The SMILES string of the molecule is COc1ccc(-c2cc(N3CCN(C(=O)Nc4ccc5c(c4)OCCO5)CC3)ncn2)cc1. The number of benzene rings is 2. The van der Waals surface area contributed by atoms with Gasteiger partial charge < -0.3 is 29.3 Å². The fourth-order valence-corrected chi connectivity index (χ4v) is 3.90. The summed E-state index contributed by atoms with van der Waals surface area (Å²) >= 11 is 0. The summed E-state index contributed by atoms with van der Waals surface area (Å²) < 4.78 is 16.3. The van der Waals surface area contributed by atoms with E-state index in [0.29, 0.717) is 56.6 Å². The molecule has 1 aromatic heterocycles. The van der Waals surface area contributed by atoms with Gasteiger partial charge >= 0.3 is 6.03 Å². The molecule has 3 aromatic rings. The lowest BCUT2D eigenvalue weighted by Crippen LogP contribution is -2.50. The zero-order chi connectivity index (χ0) is 22.6. The quantitative estimate of drug-likeness (QED) is 0.657. The summed E-state index contributed by atoms with van der Waals surface area (Å²) in [6.45, 7) is 3.62. The standard InChI is InChI=1S/C24H25N5O4/c1-31-19-5-2-17(3-6-19)20-15-23(26-16-25-20)28-8-10-29(11-9-28)24(30)27-18-4-7-21-22(14-18)33-13-12-32-21/h2-7,14-16H,8-13H2,1H3,(H,27,30). The largest absolute Gasteiger partial charge is 0.497 e. The Bertz CT molecular complexity index is 1130. The summed E-state index contributed by atoms with van der Waals surface area (Å²) in [5.74, 6) is 3.01. The zero-order valence-corrected chi connectivity index (χ0v) is 18.4. The van der Waals surface area contributed by atoms with E-state index in [-0.39, 0.29) is 6.03 Å². The maximum Gasteiger partial charge on any atom is 0.321 e. The number of rotatable bonds is 4. The first-order chi connectivity index (χ1) is 16.2. The molecule has 9 heteroatoms. The molecule has 1 N–H and O–H groups in total. The Morgan fingerprint density at radius 3 is 2.45 bits per heavy atom. The molecule has 2 aliphatic rings. The van der Waals surface area contributed by atoms with E-state index in [4.69, 9.17) is 14.2 Å². The number of fused-ring (bicyclic) bond motifs is 1. The minimum absolute atomic E-state index is 0.132. The predicted octanol–water partition coefficient (Wildman–Crippen LogP) is 3.28. The van der Waals surface area contributed by atoms with E-state index < -0.39 is 0 Å². The number of aromatic nitrogens is 2. The maximum atomic E-state index is 12.8. The molecule has 2 amide bonds. The number of anilines is 2. The second kappa shape index (κ2) is 9.23. The van der Waals surface area contributed by atoms with Crippen molar-refractivity contribution in [3.8, 4) is 28.5 Å². The summed E-state index contributed by atoms with van der Waals surface area (Å²) in [4.78, 5) is 25.6. The van der Waals surface area contributed by atoms with Crippen LogP contribution >= 0.6 is 0 Å². The molecule has 170 valence electrons. The monoisotopic (exact) mass is 447 g/mol. The molecule has 0 radical (unpaired) electrons. The number of nitrogens with zero attached hydrogens (tertiary/aromatic N) is 4. The molecule has 5 rings (SSSR count). The molecule has 0 bridgehead atoms. The Balaban J connectivity index is 1.20. The van der Waals surface area contributed by atoms with Gasteiger partial charge in [-0.05, 0) is 36.4 Å². The topological polar surface area (TPSA) is 89.1 Å². The average Bonchev–Trinajstić information content (AvgIpc) is 2.89. The molecule has 0 atom stereocenters. The van der Waals surface area contributed by atoms with Crippen LogP contribution < -0.4 is 24.4 Å². The van der Waals surface area contributed by atoms with Gasteiger partial charge in [0, 0.05) is 49.6 Å². The van der Waals surface area contributed by atoms with E-state index >= 15 is 0 Å². The first-order valence-corrected chi connectivity index (χ1v) is 10.9. The molecular weight excluding hydrogens is 422 g/mol. The van der Waals surface area contributed by atoms with Gasteiger partial charge in [0.25, 0.3) is 0 Å². The summed E-state index contributed by atoms with van der Waals surface area (Å²) in [5, 5.41) is 2.95. The van der Waals surface area contributed by atoms with Gasteiger partial charge in [0.1, 0.15) is 31.1 Å². The van der Waals surface area contributed by atoms with Gasteiger partial charge in [-0.1, -0.05) is 0 Å². The summed E-state index contributed by atoms with van der Waals surface area (Å²) in [5.41, 5.74) is 2.53. The minimum Gasteiger partial charge on any atom is -0.497 e. The number of methoxy groups -OCH3 is 1. The third kappa shape index (κ3) is 4.62. The van der Waals surface area contributed by atoms with Crippen LogP contribution in [0.5, 0.6) is 17.2 Å². The normalized spacial score (nSPS) is 15.2. The highest BCUT2D eigenvalue weighted by Crippen LogP contribution is 2.32. The second-order valence-electron chi connectivity index (χ2n) is 7.75. The molecule has 0 unspecified atom stereocenters. The molecule has 33 heavy (non-hydrogen) atoms. The van der Waals surface area contributed by atoms with Crippen molar-refractivity contribution in [2.45, 2.75) is 0 Å². The van der Waals surface area contributed by atoms with Crippen molar-refractivity contribution in [1.29, 1.82) is 0 Å². The highest BCUT2D eigenvalue weighted by atomic mass is 16.6. The third-order valence-corrected chi connectivity index (χ3v) is 5.72. The van der Waals surface area contributed by atoms with Crippen LogP contribution in [0.3, 0.4) is 0 Å². The Hall–Kier alpha value is -4.01. The van der Waals surface area contributed by atoms with Gasteiger partial charge in [0.15, 0.2) is 11.5 Å². The lowest BCUT2D eigenvalue weighted by molar-refractivity contribution is 0.171. The smallest absolute Gasteiger partial charge is 0.321 e. The van der Waals surface area contributed by atoms with Gasteiger partial charge in [0.05, 0.1) is 12.8 Å². The third-order valence-electron chi connectivity index (χ3n) is 5.72. The van der Waals surface area contributed by atoms with Gasteiger partial charge in [-0.25, -0.2) is 14.8 Å². The fraction of sp³-hybridized carbons (Fsp3) is 0.292. The number of hydrogen-bond acceptors (Lipinski definition) is 7. The number of nitrogens with one attached hydrogen (secondary N) is 1. The summed E-state index contributed by atoms with van der Waals surface area (Å²) in [7, 11) is 1.65. The van der Waals surface area contributed by atoms with Crippen LogP contribution in [0.25, 0.3) is 11.3 Å². The van der Waals surface area contributed by atoms with Crippen molar-refractivity contribution >= 4 is 17.5 Å². The Kier molecular flexibility index (Phi) is 5.84. The van der Waals surface area contributed by atoms with Gasteiger partial charge in [-0.2, -0.15) is 0 Å². The Morgan fingerprint density at radius 1 is 0.939 bits per heavy atom. The molecule has 0 spiro atoms. The molecular formula is C24H25N5O4. The Labute approximate surface area is 191 Å². The molecule has 2 aromatic carbocycles. The number of amides is 2. The molecule has 0 saturated carbocycles. The van der Waals surface area contributed by atoms with E-state index in [1.165, 1.54) is 0 Å². The predicted molar refractivity (Wildman–Crippen MR) is 124 cm³/mol. The second-order valence-corrected chi connectivity index (χ2v) is 7.75. The number of ether oxygens (including phenoxy) is 3. The number of urea groups is 1. The Morgan fingerprint density at radius 2 is 1.70 bits per heavy atom. The lowest BCUT2D eigenvalue weighted by atomic mass is 10.1. The highest BCUT2D eigenvalue weighted by molar-refractivity contribution is 5.90. The van der Waals surface area contributed by atoms with Crippen molar-refractivity contribution in [2.24, 2.45) is 0 Å². The average molecular weight is 447 g/mol. The van der Waals surface area contributed by atoms with Crippen molar-refractivity contribution < 1.29 is 19.0 Å². The van der Waals surface area contributed by atoms with Crippen LogP contribution in [0, 0.1) is 0 Å². The van der Waals surface area contributed by atoms with E-state index in [0.717, 1.165) is 22.8 Å². The van der Waals surface area contributed by atoms with Gasteiger partial charge in [0.2, 0.25) is 0 Å². The summed E-state index contributed by atoms with van der Waals surface area (Å²) in [6, 6.07) is 15.1. The maximum absolute atomic E-state index is 12.8. The van der Waals surface area contributed by atoms with E-state index in [9.17, 15) is 4.79 Å². The first-order valence-electron chi connectivity index (χ1n) is 10.9. The van der Waals surface area contributed by atoms with Crippen molar-refractivity contribution in [3.63, 3.8) is 0 Å². The van der Waals surface area contributed by atoms with Crippen LogP contribution in [0.4, 0.5) is 16.3 Å². The van der Waals surface area contributed by atoms with Crippen molar-refractivity contribution in [3.05, 3.63) is 54.9 Å². The molecule has 0 aliphatic carbocycles. The lowest BCUT2D eigenvalue weighted by Gasteiger charge is -2.35. The van der Waals surface area contributed by atoms with Gasteiger partial charge in [-0.15, -0.1) is 0 Å². The number of hydrogen-bond donors (Lipinski definition) is 1. The molecule has 3 heterocycles. The number of piperazine rings is 1. The van der Waals surface area contributed by atoms with Crippen LogP contribution in [0.1, 0.15) is 0 Å². The van der Waals surface area contributed by atoms with Crippen molar-refractivity contribution in [1.82, 2.24) is 14.9 Å². The zero-order valence-electron chi connectivity index (χ0n) is 18.4. The van der Waals surface area contributed by atoms with Crippen molar-refractivity contribution in [2.75, 3.05) is 56.7 Å². The molecule has 9 nitrogen and oxygen atoms in total. The van der Waals surface area contributed by atoms with E-state index in [1.54, 1.807) is 24.4 Å². The van der Waals surface area contributed by atoms with E-state index in [2.05, 4.69) is 20.2 Å². The highest BCUT2D eigenvalue weighted by Gasteiger charge is 2.23. The first kappa shape index (κ1) is 20.9. The summed E-state index contributed by atoms with van der Waals surface area (Å²) in [6.07, 6.45) is 1.58. The number of carbonyl (C=O) groups is 1. The molecule has 2 aliphatic heterocycles. The van der Waals surface area contributed by atoms with Gasteiger partial charge in [-0.3, -0.25) is 0 Å². The van der Waals surface area contributed by atoms with Crippen LogP contribution in [0.15, 0.2) is 54.9 Å². The fourth-order valence-electron chi connectivity index (χ4n) is 3.90. The number of carbonyl (C=O) groups excluding carboxylic acids is 1. The molecule has 1 saturated heterocycles. The van der Waals surface area contributed by atoms with Crippen LogP contribution in [-0.2, 0) is 0 Å². The van der Waals surface area contributed by atoms with Crippen LogP contribution in [-0.4, -0.2) is 67.4 Å².